The molecule has 0 bridgehead atoms. The lowest BCUT2D eigenvalue weighted by Crippen LogP contribution is -1.70. The maximum absolute atomic E-state index is 2.33. The van der Waals surface area contributed by atoms with E-state index >= 15 is 0 Å². The molecule has 0 amide bonds. The summed E-state index contributed by atoms with van der Waals surface area (Å²) in [6.45, 7) is 4.45. The predicted molar refractivity (Wildman–Crippen MR) is 75.7 cm³/mol. The second-order valence-corrected chi connectivity index (χ2v) is 4.19. The van der Waals surface area contributed by atoms with Crippen LogP contribution in [0.1, 0.15) is 65.2 Å². The van der Waals surface area contributed by atoms with Gasteiger partial charge in [0.1, 0.15) is 0 Å². The van der Waals surface area contributed by atoms with E-state index in [1.165, 1.54) is 51.4 Å². The summed E-state index contributed by atoms with van der Waals surface area (Å²) in [4.78, 5) is 0. The fourth-order valence-electron chi connectivity index (χ4n) is 1.43. The van der Waals surface area contributed by atoms with Crippen molar-refractivity contribution >= 4 is 0 Å². The zero-order valence-electron chi connectivity index (χ0n) is 11.1. The Bertz CT molecular complexity index is 196. The minimum absolute atomic E-state index is 1.20. The third-order valence-corrected chi connectivity index (χ3v) is 2.47. The zero-order chi connectivity index (χ0) is 11.9. The first kappa shape index (κ1) is 15.2. The van der Waals surface area contributed by atoms with Crippen LogP contribution >= 0.6 is 0 Å². The van der Waals surface area contributed by atoms with Gasteiger partial charge in [0.25, 0.3) is 0 Å². The van der Waals surface area contributed by atoms with Gasteiger partial charge in [-0.25, -0.2) is 0 Å². The smallest absolute Gasteiger partial charge is 0.0345 e. The van der Waals surface area contributed by atoms with Crippen molar-refractivity contribution in [3.05, 3.63) is 36.5 Å². The van der Waals surface area contributed by atoms with Gasteiger partial charge in [-0.2, -0.15) is 0 Å². The summed E-state index contributed by atoms with van der Waals surface area (Å²) in [7, 11) is 0. The van der Waals surface area contributed by atoms with Crippen LogP contribution in [0.5, 0.6) is 0 Å². The largest absolute Gasteiger partial charge is 0.0885 e. The van der Waals surface area contributed by atoms with Crippen molar-refractivity contribution in [2.24, 2.45) is 0 Å². The number of unbranched alkanes of at least 4 members (excludes halogenated alkanes) is 5. The monoisotopic (exact) mass is 220 g/mol. The van der Waals surface area contributed by atoms with Gasteiger partial charge in [-0.15, -0.1) is 0 Å². The fourth-order valence-corrected chi connectivity index (χ4v) is 1.43. The Hall–Kier alpha value is -0.780. The third-order valence-electron chi connectivity index (χ3n) is 2.47. The van der Waals surface area contributed by atoms with Gasteiger partial charge < -0.3 is 0 Å². The SMILES string of the molecule is CCCC=CC=CCCCC=CCCCC. The average molecular weight is 220 g/mol. The van der Waals surface area contributed by atoms with Crippen molar-refractivity contribution in [1.82, 2.24) is 0 Å². The second-order valence-electron chi connectivity index (χ2n) is 4.19. The van der Waals surface area contributed by atoms with E-state index in [0.717, 1.165) is 0 Å². The van der Waals surface area contributed by atoms with Crippen molar-refractivity contribution in [3.8, 4) is 0 Å². The Morgan fingerprint density at radius 3 is 1.75 bits per heavy atom. The summed E-state index contributed by atoms with van der Waals surface area (Å²) in [6, 6.07) is 0. The summed E-state index contributed by atoms with van der Waals surface area (Å²) in [5.41, 5.74) is 0. The van der Waals surface area contributed by atoms with Crippen LogP contribution in [0.15, 0.2) is 36.5 Å². The van der Waals surface area contributed by atoms with Crippen LogP contribution in [-0.2, 0) is 0 Å². The number of hydrogen-bond acceptors (Lipinski definition) is 0. The Labute approximate surface area is 102 Å². The molecule has 0 aromatic heterocycles. The molecule has 0 atom stereocenters. The highest BCUT2D eigenvalue weighted by molar-refractivity contribution is 5.02. The van der Waals surface area contributed by atoms with E-state index in [0.29, 0.717) is 0 Å². The standard InChI is InChI=1S/C16H28/c1-3-5-7-9-11-13-15-16-14-12-10-8-6-4-2/h7,9-13H,3-6,8,14-16H2,1-2H3. The lowest BCUT2D eigenvalue weighted by Gasteiger charge is -1.91. The van der Waals surface area contributed by atoms with Crippen molar-refractivity contribution in [2.75, 3.05) is 0 Å². The molecule has 0 aliphatic carbocycles. The molecule has 0 spiro atoms. The Balaban J connectivity index is 3.22. The molecule has 0 aromatic carbocycles. The first-order chi connectivity index (χ1) is 7.91. The van der Waals surface area contributed by atoms with Crippen molar-refractivity contribution in [1.29, 1.82) is 0 Å². The summed E-state index contributed by atoms with van der Waals surface area (Å²) < 4.78 is 0. The zero-order valence-corrected chi connectivity index (χ0v) is 11.1. The Kier molecular flexibility index (Phi) is 13.5. The molecular formula is C16H28. The third kappa shape index (κ3) is 13.2. The van der Waals surface area contributed by atoms with Gasteiger partial charge in [-0.3, -0.25) is 0 Å². The number of hydrogen-bond donors (Lipinski definition) is 0. The molecule has 0 rings (SSSR count). The molecule has 0 aromatic rings. The lowest BCUT2D eigenvalue weighted by molar-refractivity contribution is 0.805. The summed E-state index contributed by atoms with van der Waals surface area (Å²) >= 11 is 0. The molecule has 0 saturated carbocycles. The topological polar surface area (TPSA) is 0 Å². The van der Waals surface area contributed by atoms with Crippen LogP contribution in [0.25, 0.3) is 0 Å². The van der Waals surface area contributed by atoms with Crippen molar-refractivity contribution in [3.63, 3.8) is 0 Å². The molecule has 0 heteroatoms. The van der Waals surface area contributed by atoms with E-state index in [9.17, 15) is 0 Å². The van der Waals surface area contributed by atoms with E-state index in [2.05, 4.69) is 50.3 Å². The van der Waals surface area contributed by atoms with E-state index in [-0.39, 0.29) is 0 Å². The normalized spacial score (nSPS) is 12.4. The Morgan fingerprint density at radius 2 is 1.12 bits per heavy atom. The van der Waals surface area contributed by atoms with Gasteiger partial charge >= 0.3 is 0 Å². The second kappa shape index (κ2) is 14.2. The first-order valence-electron chi connectivity index (χ1n) is 6.88. The maximum atomic E-state index is 2.33. The molecule has 0 aliphatic rings. The van der Waals surface area contributed by atoms with Crippen molar-refractivity contribution in [2.45, 2.75) is 65.2 Å². The van der Waals surface area contributed by atoms with Gasteiger partial charge in [0, 0.05) is 0 Å². The molecule has 0 heterocycles. The van der Waals surface area contributed by atoms with Crippen LogP contribution in [0.4, 0.5) is 0 Å². The highest BCUT2D eigenvalue weighted by atomic mass is 13.9. The Morgan fingerprint density at radius 1 is 0.562 bits per heavy atom. The van der Waals surface area contributed by atoms with Gasteiger partial charge in [0.15, 0.2) is 0 Å². The number of rotatable bonds is 10. The summed E-state index contributed by atoms with van der Waals surface area (Å²) in [5, 5.41) is 0. The van der Waals surface area contributed by atoms with Crippen LogP contribution in [0.3, 0.4) is 0 Å². The molecule has 92 valence electrons. The molecule has 0 saturated heterocycles. The molecule has 0 radical (unpaired) electrons. The van der Waals surface area contributed by atoms with Gasteiger partial charge in [-0.1, -0.05) is 69.6 Å². The summed E-state index contributed by atoms with van der Waals surface area (Å²) in [6.07, 6.45) is 23.6. The molecule has 16 heavy (non-hydrogen) atoms. The highest BCUT2D eigenvalue weighted by Crippen LogP contribution is 2.01. The molecule has 0 unspecified atom stereocenters. The lowest BCUT2D eigenvalue weighted by atomic mass is 10.2. The number of allylic oxidation sites excluding steroid dienone is 6. The van der Waals surface area contributed by atoms with Crippen LogP contribution < -0.4 is 0 Å². The molecule has 0 aliphatic heterocycles. The first-order valence-corrected chi connectivity index (χ1v) is 6.88. The van der Waals surface area contributed by atoms with E-state index in [1.54, 1.807) is 0 Å². The van der Waals surface area contributed by atoms with Crippen LogP contribution in [0, 0.1) is 0 Å². The highest BCUT2D eigenvalue weighted by Gasteiger charge is 1.81. The molecular weight excluding hydrogens is 192 g/mol. The molecule has 0 fully saturated rings. The molecule has 0 N–H and O–H groups in total. The minimum atomic E-state index is 1.20. The van der Waals surface area contributed by atoms with Crippen molar-refractivity contribution < 1.29 is 0 Å². The summed E-state index contributed by atoms with van der Waals surface area (Å²) in [5.74, 6) is 0. The molecule has 0 nitrogen and oxygen atoms in total. The van der Waals surface area contributed by atoms with Gasteiger partial charge in [-0.05, 0) is 32.1 Å². The van der Waals surface area contributed by atoms with Crippen LogP contribution in [0.2, 0.25) is 0 Å². The minimum Gasteiger partial charge on any atom is -0.0885 e. The van der Waals surface area contributed by atoms with Crippen LogP contribution in [-0.4, -0.2) is 0 Å². The van der Waals surface area contributed by atoms with Gasteiger partial charge in [0.2, 0.25) is 0 Å². The van der Waals surface area contributed by atoms with E-state index in [4.69, 9.17) is 0 Å². The predicted octanol–water partition coefficient (Wildman–Crippen LogP) is 5.82. The maximum Gasteiger partial charge on any atom is -0.0345 e. The average Bonchev–Trinajstić information content (AvgIpc) is 2.31. The fraction of sp³-hybridized carbons (Fsp3) is 0.625. The van der Waals surface area contributed by atoms with Gasteiger partial charge in [0.05, 0.1) is 0 Å². The van der Waals surface area contributed by atoms with E-state index < -0.39 is 0 Å². The van der Waals surface area contributed by atoms with E-state index in [1.807, 2.05) is 0 Å². The quantitative estimate of drug-likeness (QED) is 0.247.